The van der Waals surface area contributed by atoms with Crippen molar-refractivity contribution in [2.45, 2.75) is 12.6 Å². The minimum Gasteiger partial charge on any atom is -0.469 e. The molecule has 0 aromatic heterocycles. The monoisotopic (exact) mass is 467 g/mol. The summed E-state index contributed by atoms with van der Waals surface area (Å²) < 4.78 is 44.4. The Hall–Kier alpha value is -3.53. The van der Waals surface area contributed by atoms with Crippen molar-refractivity contribution in [2.24, 2.45) is 0 Å². The number of carbonyl (C=O) groups excluding carboxylic acids is 3. The van der Waals surface area contributed by atoms with Gasteiger partial charge in [-0.25, -0.2) is 0 Å². The van der Waals surface area contributed by atoms with Crippen LogP contribution in [0.25, 0.3) is 0 Å². The Balaban J connectivity index is 1.88. The number of nitrogens with one attached hydrogen (secondary N) is 2. The first-order valence-electron chi connectivity index (χ1n) is 9.20. The smallest absolute Gasteiger partial charge is 0.418 e. The van der Waals surface area contributed by atoms with Crippen molar-refractivity contribution in [3.63, 3.8) is 0 Å². The zero-order valence-electron chi connectivity index (χ0n) is 16.6. The highest BCUT2D eigenvalue weighted by atomic mass is 35.5. The molecule has 0 spiro atoms. The molecule has 2 amide bonds. The minimum absolute atomic E-state index is 0.00378. The summed E-state index contributed by atoms with van der Waals surface area (Å²) in [6.45, 7) is -0.580. The first-order chi connectivity index (χ1) is 15.1. The molecule has 7 nitrogen and oxygen atoms in total. The molecule has 2 N–H and O–H groups in total. The Labute approximate surface area is 185 Å². The van der Waals surface area contributed by atoms with Crippen molar-refractivity contribution in [2.75, 3.05) is 29.2 Å². The lowest BCUT2D eigenvalue weighted by Gasteiger charge is -2.22. The van der Waals surface area contributed by atoms with Crippen LogP contribution in [0, 0.1) is 0 Å². The number of anilines is 3. The second kappa shape index (κ2) is 9.31. The second-order valence-electron chi connectivity index (χ2n) is 6.72. The lowest BCUT2D eigenvalue weighted by molar-refractivity contribution is -0.140. The van der Waals surface area contributed by atoms with Crippen LogP contribution in [-0.2, 0) is 25.3 Å². The number of rotatable bonds is 5. The lowest BCUT2D eigenvalue weighted by atomic mass is 10.1. The van der Waals surface area contributed by atoms with Gasteiger partial charge >= 0.3 is 12.1 Å². The molecule has 0 aliphatic carbocycles. The van der Waals surface area contributed by atoms with E-state index >= 15 is 0 Å². The standard InChI is InChI=1S/C21H17ClF3N3O4/c1-32-20(31)10-13-9-19(30)28(17-5-3-2-4-15(17)26-13)11-18(29)27-16-8-12(22)6-7-14(16)21(23,24)25/h2-9,26H,10-11H2,1H3,(H,27,29). The van der Waals surface area contributed by atoms with Crippen LogP contribution < -0.4 is 15.5 Å². The Kier molecular flexibility index (Phi) is 6.73. The van der Waals surface area contributed by atoms with Gasteiger partial charge in [0.1, 0.15) is 6.54 Å². The van der Waals surface area contributed by atoms with E-state index < -0.39 is 41.8 Å². The Morgan fingerprint density at radius 3 is 2.59 bits per heavy atom. The molecule has 1 heterocycles. The zero-order chi connectivity index (χ0) is 23.5. The molecule has 1 aliphatic rings. The van der Waals surface area contributed by atoms with Crippen molar-refractivity contribution in [1.29, 1.82) is 0 Å². The molecule has 32 heavy (non-hydrogen) atoms. The highest BCUT2D eigenvalue weighted by Crippen LogP contribution is 2.36. The summed E-state index contributed by atoms with van der Waals surface area (Å²) in [5, 5.41) is 5.13. The van der Waals surface area contributed by atoms with E-state index in [-0.39, 0.29) is 17.1 Å². The van der Waals surface area contributed by atoms with Gasteiger partial charge in [0.25, 0.3) is 5.91 Å². The van der Waals surface area contributed by atoms with E-state index in [1.54, 1.807) is 24.3 Å². The molecule has 2 aromatic carbocycles. The number of para-hydroxylation sites is 2. The summed E-state index contributed by atoms with van der Waals surface area (Å²) in [5.74, 6) is -2.09. The van der Waals surface area contributed by atoms with Gasteiger partial charge < -0.3 is 15.4 Å². The molecule has 168 valence electrons. The molecule has 2 aromatic rings. The number of fused-ring (bicyclic) bond motifs is 1. The molecule has 0 radical (unpaired) electrons. The van der Waals surface area contributed by atoms with Gasteiger partial charge in [-0.1, -0.05) is 23.7 Å². The quantitative estimate of drug-likeness (QED) is 0.643. The Bertz CT molecular complexity index is 1100. The van der Waals surface area contributed by atoms with E-state index in [2.05, 4.69) is 15.4 Å². The van der Waals surface area contributed by atoms with E-state index in [9.17, 15) is 27.6 Å². The Morgan fingerprint density at radius 2 is 1.91 bits per heavy atom. The van der Waals surface area contributed by atoms with Crippen LogP contribution in [-0.4, -0.2) is 31.4 Å². The Morgan fingerprint density at radius 1 is 1.19 bits per heavy atom. The number of benzene rings is 2. The number of ether oxygens (including phenoxy) is 1. The molecule has 0 unspecified atom stereocenters. The zero-order valence-corrected chi connectivity index (χ0v) is 17.4. The number of alkyl halides is 3. The van der Waals surface area contributed by atoms with Crippen LogP contribution in [0.2, 0.25) is 5.02 Å². The van der Waals surface area contributed by atoms with Crippen molar-refractivity contribution in [3.8, 4) is 0 Å². The highest BCUT2D eigenvalue weighted by molar-refractivity contribution is 6.31. The van der Waals surface area contributed by atoms with Crippen LogP contribution in [0.3, 0.4) is 0 Å². The number of esters is 1. The molecule has 3 rings (SSSR count). The fraction of sp³-hybridized carbons (Fsp3) is 0.190. The van der Waals surface area contributed by atoms with Gasteiger partial charge in [-0.2, -0.15) is 13.2 Å². The highest BCUT2D eigenvalue weighted by Gasteiger charge is 2.34. The van der Waals surface area contributed by atoms with E-state index in [1.807, 2.05) is 0 Å². The van der Waals surface area contributed by atoms with Gasteiger partial charge in [0, 0.05) is 16.8 Å². The van der Waals surface area contributed by atoms with Crippen molar-refractivity contribution < 1.29 is 32.3 Å². The van der Waals surface area contributed by atoms with Crippen molar-refractivity contribution in [3.05, 3.63) is 64.8 Å². The molecule has 0 saturated carbocycles. The predicted molar refractivity (Wildman–Crippen MR) is 112 cm³/mol. The summed E-state index contributed by atoms with van der Waals surface area (Å²) in [5.41, 5.74) is -0.609. The third-order valence-electron chi connectivity index (χ3n) is 4.48. The maximum atomic E-state index is 13.3. The molecular formula is C21H17ClF3N3O4. The maximum Gasteiger partial charge on any atom is 0.418 e. The fourth-order valence-corrected chi connectivity index (χ4v) is 3.23. The largest absolute Gasteiger partial charge is 0.469 e. The van der Waals surface area contributed by atoms with E-state index in [1.165, 1.54) is 7.11 Å². The fourth-order valence-electron chi connectivity index (χ4n) is 3.06. The van der Waals surface area contributed by atoms with Crippen LogP contribution >= 0.6 is 11.6 Å². The molecule has 0 saturated heterocycles. The number of hydrogen-bond acceptors (Lipinski definition) is 5. The molecule has 0 fully saturated rings. The summed E-state index contributed by atoms with van der Waals surface area (Å²) in [4.78, 5) is 38.1. The summed E-state index contributed by atoms with van der Waals surface area (Å²) in [6, 6.07) is 9.30. The van der Waals surface area contributed by atoms with Gasteiger partial charge in [-0.05, 0) is 30.3 Å². The first-order valence-corrected chi connectivity index (χ1v) is 9.58. The first kappa shape index (κ1) is 23.1. The van der Waals surface area contributed by atoms with Crippen LogP contribution in [0.5, 0.6) is 0 Å². The maximum absolute atomic E-state index is 13.3. The number of carbonyl (C=O) groups is 3. The van der Waals surface area contributed by atoms with Crippen molar-refractivity contribution in [1.82, 2.24) is 0 Å². The number of nitrogens with zero attached hydrogens (tertiary/aromatic N) is 1. The molecular weight excluding hydrogens is 451 g/mol. The van der Waals surface area contributed by atoms with E-state index in [4.69, 9.17) is 11.6 Å². The molecule has 0 bridgehead atoms. The summed E-state index contributed by atoms with van der Waals surface area (Å²) >= 11 is 5.79. The van der Waals surface area contributed by atoms with Crippen LogP contribution in [0.1, 0.15) is 12.0 Å². The van der Waals surface area contributed by atoms with Gasteiger partial charge in [0.05, 0.1) is 36.2 Å². The van der Waals surface area contributed by atoms with Gasteiger partial charge in [-0.3, -0.25) is 19.3 Å². The topological polar surface area (TPSA) is 87.7 Å². The third-order valence-corrected chi connectivity index (χ3v) is 4.71. The predicted octanol–water partition coefficient (Wildman–Crippen LogP) is 4.20. The normalized spacial score (nSPS) is 13.5. The van der Waals surface area contributed by atoms with Crippen LogP contribution in [0.15, 0.2) is 54.2 Å². The van der Waals surface area contributed by atoms with Crippen LogP contribution in [0.4, 0.5) is 30.2 Å². The molecule has 11 heteroatoms. The van der Waals surface area contributed by atoms with Gasteiger partial charge in [0.15, 0.2) is 0 Å². The molecule has 0 atom stereocenters. The molecule has 1 aliphatic heterocycles. The van der Waals surface area contributed by atoms with E-state index in [0.717, 1.165) is 29.2 Å². The van der Waals surface area contributed by atoms with E-state index in [0.29, 0.717) is 11.4 Å². The summed E-state index contributed by atoms with van der Waals surface area (Å²) in [6.07, 6.45) is -3.80. The second-order valence-corrected chi connectivity index (χ2v) is 7.16. The summed E-state index contributed by atoms with van der Waals surface area (Å²) in [7, 11) is 1.21. The van der Waals surface area contributed by atoms with Gasteiger partial charge in [-0.15, -0.1) is 0 Å². The SMILES string of the molecule is COC(=O)CC1=CC(=O)N(CC(=O)Nc2cc(Cl)ccc2C(F)(F)F)c2ccccc2N1. The average Bonchev–Trinajstić information content (AvgIpc) is 2.83. The number of halogens is 4. The minimum atomic E-state index is -4.71. The number of methoxy groups -OCH3 is 1. The average molecular weight is 468 g/mol. The third kappa shape index (κ3) is 5.38. The number of amides is 2. The lowest BCUT2D eigenvalue weighted by Crippen LogP contribution is -2.37. The van der Waals surface area contributed by atoms with Gasteiger partial charge in [0.2, 0.25) is 5.91 Å². The van der Waals surface area contributed by atoms with Crippen molar-refractivity contribution >= 4 is 46.4 Å². The number of hydrogen-bond donors (Lipinski definition) is 2.